The first-order chi connectivity index (χ1) is 13.4. The second-order valence-electron chi connectivity index (χ2n) is 6.68. The molecule has 0 spiro atoms. The van der Waals surface area contributed by atoms with Gasteiger partial charge in [-0.2, -0.15) is 0 Å². The first-order valence-corrected chi connectivity index (χ1v) is 9.63. The van der Waals surface area contributed by atoms with Crippen LogP contribution in [0.1, 0.15) is 54.7 Å². The molecule has 150 valence electrons. The van der Waals surface area contributed by atoms with Crippen LogP contribution in [0.4, 0.5) is 0 Å². The van der Waals surface area contributed by atoms with E-state index in [4.69, 9.17) is 14.2 Å². The van der Waals surface area contributed by atoms with Gasteiger partial charge < -0.3 is 14.2 Å². The number of benzene rings is 2. The molecular formula is C23H28O5. The van der Waals surface area contributed by atoms with Crippen molar-refractivity contribution in [2.24, 2.45) is 0 Å². The van der Waals surface area contributed by atoms with E-state index in [1.807, 2.05) is 51.1 Å². The molecule has 0 fully saturated rings. The molecule has 2 rings (SSSR count). The maximum Gasteiger partial charge on any atom is 0.338 e. The Bertz CT molecular complexity index is 796. The largest absolute Gasteiger partial charge is 0.491 e. The molecule has 0 saturated carbocycles. The average Bonchev–Trinajstić information content (AvgIpc) is 2.67. The molecular weight excluding hydrogens is 356 g/mol. The predicted molar refractivity (Wildman–Crippen MR) is 107 cm³/mol. The van der Waals surface area contributed by atoms with Crippen molar-refractivity contribution in [1.29, 1.82) is 0 Å². The predicted octanol–water partition coefficient (Wildman–Crippen LogP) is 4.50. The first-order valence-electron chi connectivity index (χ1n) is 9.63. The maximum atomic E-state index is 12.4. The third-order valence-electron chi connectivity index (χ3n) is 4.10. The Morgan fingerprint density at radius 3 is 2.29 bits per heavy atom. The van der Waals surface area contributed by atoms with Gasteiger partial charge in [0, 0.05) is 0 Å². The molecule has 0 unspecified atom stereocenters. The summed E-state index contributed by atoms with van der Waals surface area (Å²) in [5.74, 6) is -0.176. The third-order valence-corrected chi connectivity index (χ3v) is 4.10. The SMILES string of the molecule is CCOC(=O)c1cc(CC)c(OC(C)C)cc1CC(=O)OCc1ccccc1. The summed E-state index contributed by atoms with van der Waals surface area (Å²) in [5, 5.41) is 0. The molecule has 0 bridgehead atoms. The molecule has 0 aliphatic rings. The molecule has 0 saturated heterocycles. The molecule has 0 N–H and O–H groups in total. The van der Waals surface area contributed by atoms with E-state index in [1.165, 1.54) is 0 Å². The summed E-state index contributed by atoms with van der Waals surface area (Å²) in [4.78, 5) is 24.8. The first kappa shape index (κ1) is 21.5. The van der Waals surface area contributed by atoms with E-state index in [2.05, 4.69) is 0 Å². The lowest BCUT2D eigenvalue weighted by Crippen LogP contribution is -2.16. The molecule has 0 aromatic heterocycles. The van der Waals surface area contributed by atoms with E-state index >= 15 is 0 Å². The molecule has 5 nitrogen and oxygen atoms in total. The highest BCUT2D eigenvalue weighted by Crippen LogP contribution is 2.27. The van der Waals surface area contributed by atoms with Gasteiger partial charge >= 0.3 is 11.9 Å². The Morgan fingerprint density at radius 2 is 1.68 bits per heavy atom. The highest BCUT2D eigenvalue weighted by atomic mass is 16.5. The van der Waals surface area contributed by atoms with Crippen LogP contribution in [0.2, 0.25) is 0 Å². The molecule has 0 radical (unpaired) electrons. The van der Waals surface area contributed by atoms with Crippen LogP contribution in [0.25, 0.3) is 0 Å². The van der Waals surface area contributed by atoms with Crippen LogP contribution >= 0.6 is 0 Å². The lowest BCUT2D eigenvalue weighted by atomic mass is 9.99. The van der Waals surface area contributed by atoms with Crippen molar-refractivity contribution in [1.82, 2.24) is 0 Å². The van der Waals surface area contributed by atoms with Gasteiger partial charge in [0.25, 0.3) is 0 Å². The Kier molecular flexibility index (Phi) is 8.05. The van der Waals surface area contributed by atoms with Crippen LogP contribution in [0.5, 0.6) is 5.75 Å². The van der Waals surface area contributed by atoms with Gasteiger partial charge in [-0.05, 0) is 56.0 Å². The topological polar surface area (TPSA) is 61.8 Å². The fourth-order valence-electron chi connectivity index (χ4n) is 2.80. The molecule has 0 aliphatic carbocycles. The van der Waals surface area contributed by atoms with E-state index in [1.54, 1.807) is 19.1 Å². The molecule has 0 amide bonds. The van der Waals surface area contributed by atoms with Crippen LogP contribution < -0.4 is 4.74 Å². The Labute approximate surface area is 166 Å². The molecule has 5 heteroatoms. The quantitative estimate of drug-likeness (QED) is 0.596. The highest BCUT2D eigenvalue weighted by Gasteiger charge is 2.20. The number of hydrogen-bond acceptors (Lipinski definition) is 5. The van der Waals surface area contributed by atoms with Crippen molar-refractivity contribution in [3.8, 4) is 5.75 Å². The van der Waals surface area contributed by atoms with E-state index in [0.29, 0.717) is 23.3 Å². The van der Waals surface area contributed by atoms with Crippen LogP contribution in [-0.4, -0.2) is 24.6 Å². The van der Waals surface area contributed by atoms with Crippen molar-refractivity contribution >= 4 is 11.9 Å². The number of carbonyl (C=O) groups is 2. The zero-order chi connectivity index (χ0) is 20.5. The van der Waals surface area contributed by atoms with Crippen molar-refractivity contribution in [3.63, 3.8) is 0 Å². The van der Waals surface area contributed by atoms with E-state index in [-0.39, 0.29) is 25.7 Å². The number of carbonyl (C=O) groups excluding carboxylic acids is 2. The second kappa shape index (κ2) is 10.5. The lowest BCUT2D eigenvalue weighted by molar-refractivity contribution is -0.144. The van der Waals surface area contributed by atoms with E-state index < -0.39 is 11.9 Å². The van der Waals surface area contributed by atoms with Gasteiger partial charge in [-0.15, -0.1) is 0 Å². The number of hydrogen-bond donors (Lipinski definition) is 0. The molecule has 0 heterocycles. The molecule has 0 aliphatic heterocycles. The van der Waals surface area contributed by atoms with Gasteiger partial charge in [0.1, 0.15) is 12.4 Å². The van der Waals surface area contributed by atoms with Gasteiger partial charge in [-0.1, -0.05) is 37.3 Å². The minimum absolute atomic E-state index is 0.0170. The zero-order valence-electron chi connectivity index (χ0n) is 17.0. The summed E-state index contributed by atoms with van der Waals surface area (Å²) >= 11 is 0. The van der Waals surface area contributed by atoms with E-state index in [0.717, 1.165) is 11.1 Å². The average molecular weight is 384 g/mol. The normalized spacial score (nSPS) is 10.6. The fraction of sp³-hybridized carbons (Fsp3) is 0.391. The summed E-state index contributed by atoms with van der Waals surface area (Å²) in [7, 11) is 0. The highest BCUT2D eigenvalue weighted by molar-refractivity contribution is 5.93. The summed E-state index contributed by atoms with van der Waals surface area (Å²) in [6, 6.07) is 13.0. The van der Waals surface area contributed by atoms with Gasteiger partial charge in [-0.3, -0.25) is 4.79 Å². The summed E-state index contributed by atoms with van der Waals surface area (Å²) < 4.78 is 16.4. The van der Waals surface area contributed by atoms with Gasteiger partial charge in [0.2, 0.25) is 0 Å². The number of aryl methyl sites for hydroxylation is 1. The molecule has 2 aromatic rings. The zero-order valence-corrected chi connectivity index (χ0v) is 17.0. The Balaban J connectivity index is 2.25. The van der Waals surface area contributed by atoms with Crippen LogP contribution in [0.3, 0.4) is 0 Å². The van der Waals surface area contributed by atoms with Gasteiger partial charge in [0.05, 0.1) is 24.7 Å². The summed E-state index contributed by atoms with van der Waals surface area (Å²) in [6.45, 7) is 8.08. The van der Waals surface area contributed by atoms with Gasteiger partial charge in [0.15, 0.2) is 0 Å². The molecule has 28 heavy (non-hydrogen) atoms. The van der Waals surface area contributed by atoms with Crippen LogP contribution in [0, 0.1) is 0 Å². The molecule has 2 aromatic carbocycles. The number of ether oxygens (including phenoxy) is 3. The molecule has 0 atom stereocenters. The van der Waals surface area contributed by atoms with Gasteiger partial charge in [-0.25, -0.2) is 4.79 Å². The van der Waals surface area contributed by atoms with Crippen LogP contribution in [0.15, 0.2) is 42.5 Å². The second-order valence-corrected chi connectivity index (χ2v) is 6.68. The van der Waals surface area contributed by atoms with Crippen molar-refractivity contribution in [2.45, 2.75) is 53.2 Å². The van der Waals surface area contributed by atoms with Crippen LogP contribution in [-0.2, 0) is 33.7 Å². The summed E-state index contributed by atoms with van der Waals surface area (Å²) in [6.07, 6.45) is 0.656. The van der Waals surface area contributed by atoms with E-state index in [9.17, 15) is 9.59 Å². The third kappa shape index (κ3) is 6.12. The van der Waals surface area contributed by atoms with Crippen molar-refractivity contribution in [3.05, 3.63) is 64.7 Å². The standard InChI is InChI=1S/C23H28O5/c1-5-18-12-20(23(25)26-6-2)19(13-21(18)28-16(3)4)14-22(24)27-15-17-10-8-7-9-11-17/h7-13,16H,5-6,14-15H2,1-4H3. The smallest absolute Gasteiger partial charge is 0.338 e. The minimum atomic E-state index is -0.445. The maximum absolute atomic E-state index is 12.4. The minimum Gasteiger partial charge on any atom is -0.491 e. The Hall–Kier alpha value is -2.82. The Morgan fingerprint density at radius 1 is 0.964 bits per heavy atom. The number of rotatable bonds is 9. The van der Waals surface area contributed by atoms with Crippen molar-refractivity contribution < 1.29 is 23.8 Å². The van der Waals surface area contributed by atoms with Crippen molar-refractivity contribution in [2.75, 3.05) is 6.61 Å². The lowest BCUT2D eigenvalue weighted by Gasteiger charge is -2.17. The summed E-state index contributed by atoms with van der Waals surface area (Å²) in [5.41, 5.74) is 2.74. The fourth-order valence-corrected chi connectivity index (χ4v) is 2.80. The monoisotopic (exact) mass is 384 g/mol. The number of esters is 2.